The van der Waals surface area contributed by atoms with E-state index in [1.165, 1.54) is 6.92 Å². The fourth-order valence-electron chi connectivity index (χ4n) is 4.88. The molecule has 208 valence electrons. The summed E-state index contributed by atoms with van der Waals surface area (Å²) >= 11 is 0. The van der Waals surface area contributed by atoms with E-state index >= 15 is 0 Å². The average molecular weight is 526 g/mol. The van der Waals surface area contributed by atoms with E-state index in [0.717, 1.165) is 17.5 Å². The molecule has 1 fully saturated rings. The molecule has 0 aliphatic carbocycles. The molecule has 0 saturated carbocycles. The summed E-state index contributed by atoms with van der Waals surface area (Å²) in [7, 11) is 0. The van der Waals surface area contributed by atoms with Crippen LogP contribution in [0.4, 0.5) is 4.79 Å². The molecule has 0 bridgehead atoms. The van der Waals surface area contributed by atoms with Gasteiger partial charge in [0.1, 0.15) is 6.61 Å². The lowest BCUT2D eigenvalue weighted by atomic mass is 9.78. The van der Waals surface area contributed by atoms with Crippen molar-refractivity contribution in [2.24, 2.45) is 17.8 Å². The Morgan fingerprint density at radius 3 is 2.21 bits per heavy atom. The zero-order valence-electron chi connectivity index (χ0n) is 23.4. The summed E-state index contributed by atoms with van der Waals surface area (Å²) in [5, 5.41) is 0. The largest absolute Gasteiger partial charge is 0.457 e. The summed E-state index contributed by atoms with van der Waals surface area (Å²) in [4.78, 5) is 26.5. The van der Waals surface area contributed by atoms with Gasteiger partial charge in [0, 0.05) is 25.9 Å². The van der Waals surface area contributed by atoms with Crippen LogP contribution in [0.3, 0.4) is 0 Å². The predicted molar refractivity (Wildman–Crippen MR) is 146 cm³/mol. The lowest BCUT2D eigenvalue weighted by Gasteiger charge is -2.45. The molecule has 7 nitrogen and oxygen atoms in total. The Kier molecular flexibility index (Phi) is 11.6. The molecule has 38 heavy (non-hydrogen) atoms. The molecule has 1 saturated heterocycles. The second-order valence-corrected chi connectivity index (χ2v) is 10.3. The maximum atomic E-state index is 13.0. The van der Waals surface area contributed by atoms with Crippen LogP contribution in [0.2, 0.25) is 0 Å². The molecule has 2 unspecified atom stereocenters. The Morgan fingerprint density at radius 1 is 0.974 bits per heavy atom. The molecule has 0 aromatic heterocycles. The van der Waals surface area contributed by atoms with Gasteiger partial charge in [-0.05, 0) is 29.4 Å². The molecule has 1 aliphatic rings. The molecule has 0 radical (unpaired) electrons. The van der Waals surface area contributed by atoms with Crippen LogP contribution in [0.1, 0.15) is 58.6 Å². The summed E-state index contributed by atoms with van der Waals surface area (Å²) in [5.41, 5.74) is 1.96. The van der Waals surface area contributed by atoms with E-state index in [1.807, 2.05) is 60.7 Å². The van der Waals surface area contributed by atoms with Crippen LogP contribution in [0.25, 0.3) is 0 Å². The first kappa shape index (κ1) is 29.7. The van der Waals surface area contributed by atoms with Gasteiger partial charge in [0.15, 0.2) is 12.4 Å². The third-order valence-electron chi connectivity index (χ3n) is 7.47. The number of carbonyl (C=O) groups excluding carboxylic acids is 2. The molecule has 6 atom stereocenters. The number of amides is 1. The SMILES string of the molecule is CC[C@@H](C)C1O[C@H](OCCCN(Cc2ccccc2)C(=O)OCc2ccccc2)C(OC(C)=O)[C@@H](C)[C@@H]1C. The van der Waals surface area contributed by atoms with E-state index in [4.69, 9.17) is 18.9 Å². The number of ether oxygens (including phenoxy) is 4. The highest BCUT2D eigenvalue weighted by Crippen LogP contribution is 2.37. The molecule has 3 rings (SSSR count). The highest BCUT2D eigenvalue weighted by atomic mass is 16.7. The first-order valence-corrected chi connectivity index (χ1v) is 13.7. The van der Waals surface area contributed by atoms with Crippen molar-refractivity contribution in [3.05, 3.63) is 71.8 Å². The summed E-state index contributed by atoms with van der Waals surface area (Å²) in [6.45, 7) is 11.5. The normalized spacial score (nSPS) is 23.9. The van der Waals surface area contributed by atoms with Gasteiger partial charge in [-0.1, -0.05) is 94.8 Å². The summed E-state index contributed by atoms with van der Waals surface area (Å²) < 4.78 is 23.8. The third kappa shape index (κ3) is 8.57. The first-order valence-electron chi connectivity index (χ1n) is 13.7. The topological polar surface area (TPSA) is 74.3 Å². The minimum atomic E-state index is -0.642. The summed E-state index contributed by atoms with van der Waals surface area (Å²) in [6.07, 6.45) is 0.109. The van der Waals surface area contributed by atoms with Crippen LogP contribution in [0, 0.1) is 17.8 Å². The van der Waals surface area contributed by atoms with Crippen molar-refractivity contribution < 1.29 is 28.5 Å². The van der Waals surface area contributed by atoms with Crippen LogP contribution in [0.5, 0.6) is 0 Å². The van der Waals surface area contributed by atoms with Gasteiger partial charge in [0.2, 0.25) is 0 Å². The van der Waals surface area contributed by atoms with E-state index in [-0.39, 0.29) is 36.6 Å². The first-order chi connectivity index (χ1) is 18.3. The number of hydrogen-bond acceptors (Lipinski definition) is 6. The quantitative estimate of drug-likeness (QED) is 0.242. The highest BCUT2D eigenvalue weighted by Gasteiger charge is 2.45. The van der Waals surface area contributed by atoms with Crippen molar-refractivity contribution in [1.82, 2.24) is 4.90 Å². The Bertz CT molecular complexity index is 984. The van der Waals surface area contributed by atoms with Gasteiger partial charge in [0.05, 0.1) is 12.7 Å². The molecule has 1 heterocycles. The van der Waals surface area contributed by atoms with E-state index in [9.17, 15) is 9.59 Å². The van der Waals surface area contributed by atoms with Gasteiger partial charge in [-0.2, -0.15) is 0 Å². The molecular weight excluding hydrogens is 482 g/mol. The van der Waals surface area contributed by atoms with Crippen molar-refractivity contribution in [3.63, 3.8) is 0 Å². The Morgan fingerprint density at radius 2 is 1.61 bits per heavy atom. The molecule has 1 aliphatic heterocycles. The smallest absolute Gasteiger partial charge is 0.410 e. The Balaban J connectivity index is 1.61. The number of benzene rings is 2. The van der Waals surface area contributed by atoms with Crippen molar-refractivity contribution >= 4 is 12.1 Å². The van der Waals surface area contributed by atoms with E-state index in [1.54, 1.807) is 4.90 Å². The Hall–Kier alpha value is -2.90. The molecule has 0 N–H and O–H groups in total. The fourth-order valence-corrected chi connectivity index (χ4v) is 4.88. The number of hydrogen-bond donors (Lipinski definition) is 0. The number of nitrogens with zero attached hydrogens (tertiary/aromatic N) is 1. The average Bonchev–Trinajstić information content (AvgIpc) is 2.93. The van der Waals surface area contributed by atoms with E-state index in [0.29, 0.717) is 32.0 Å². The molecule has 2 aromatic rings. The Labute approximate surface area is 227 Å². The lowest BCUT2D eigenvalue weighted by molar-refractivity contribution is -0.282. The maximum Gasteiger partial charge on any atom is 0.410 e. The maximum absolute atomic E-state index is 13.0. The fraction of sp³-hybridized carbons (Fsp3) is 0.548. The summed E-state index contributed by atoms with van der Waals surface area (Å²) in [5.74, 6) is 0.343. The molecule has 7 heteroatoms. The summed E-state index contributed by atoms with van der Waals surface area (Å²) in [6, 6.07) is 19.5. The van der Waals surface area contributed by atoms with Crippen LogP contribution >= 0.6 is 0 Å². The van der Waals surface area contributed by atoms with Crippen LogP contribution in [-0.2, 0) is 36.9 Å². The van der Waals surface area contributed by atoms with Crippen molar-refractivity contribution in [1.29, 1.82) is 0 Å². The highest BCUT2D eigenvalue weighted by molar-refractivity contribution is 5.67. The number of carbonyl (C=O) groups is 2. The minimum Gasteiger partial charge on any atom is -0.457 e. The standard InChI is InChI=1S/C31H43NO6/c1-6-22(2)28-23(3)24(4)29(37-25(5)33)30(38-28)35-19-13-18-32(20-26-14-9-7-10-15-26)31(34)36-21-27-16-11-8-12-17-27/h7-12,14-17,22-24,28-30H,6,13,18-21H2,1-5H3/t22-,23+,24+,28?,29?,30+/m1/s1. The zero-order valence-corrected chi connectivity index (χ0v) is 23.4. The van der Waals surface area contributed by atoms with Gasteiger partial charge >= 0.3 is 12.1 Å². The number of rotatable bonds is 12. The van der Waals surface area contributed by atoms with E-state index < -0.39 is 12.4 Å². The van der Waals surface area contributed by atoms with Gasteiger partial charge < -0.3 is 23.8 Å². The molecular formula is C31H43NO6. The van der Waals surface area contributed by atoms with Crippen LogP contribution < -0.4 is 0 Å². The predicted octanol–water partition coefficient (Wildman–Crippen LogP) is 6.21. The van der Waals surface area contributed by atoms with Crippen molar-refractivity contribution in [2.75, 3.05) is 13.2 Å². The third-order valence-corrected chi connectivity index (χ3v) is 7.47. The second-order valence-electron chi connectivity index (χ2n) is 10.3. The monoisotopic (exact) mass is 525 g/mol. The van der Waals surface area contributed by atoms with Gasteiger partial charge in [0.25, 0.3) is 0 Å². The van der Waals surface area contributed by atoms with Crippen LogP contribution in [0.15, 0.2) is 60.7 Å². The second kappa shape index (κ2) is 14.9. The minimum absolute atomic E-state index is 0.0225. The van der Waals surface area contributed by atoms with Gasteiger partial charge in [-0.15, -0.1) is 0 Å². The lowest BCUT2D eigenvalue weighted by Crippen LogP contribution is -2.53. The van der Waals surface area contributed by atoms with Crippen LogP contribution in [-0.4, -0.2) is 48.6 Å². The van der Waals surface area contributed by atoms with Gasteiger partial charge in [-0.3, -0.25) is 4.79 Å². The molecule has 1 amide bonds. The molecule has 0 spiro atoms. The molecule has 2 aromatic carbocycles. The number of esters is 1. The van der Waals surface area contributed by atoms with Crippen molar-refractivity contribution in [3.8, 4) is 0 Å². The van der Waals surface area contributed by atoms with Crippen molar-refractivity contribution in [2.45, 2.75) is 79.1 Å². The van der Waals surface area contributed by atoms with E-state index in [2.05, 4.69) is 27.7 Å². The van der Waals surface area contributed by atoms with Gasteiger partial charge in [-0.25, -0.2) is 4.79 Å². The zero-order chi connectivity index (χ0) is 27.5.